The van der Waals surface area contributed by atoms with Crippen molar-refractivity contribution in [1.82, 2.24) is 4.90 Å². The number of carbonyl (C=O) groups excluding carboxylic acids is 1. The van der Waals surface area contributed by atoms with Crippen molar-refractivity contribution in [2.75, 3.05) is 27.4 Å². The van der Waals surface area contributed by atoms with Crippen LogP contribution in [0.1, 0.15) is 18.4 Å². The third kappa shape index (κ3) is 3.58. The molecule has 1 aromatic heterocycles. The van der Waals surface area contributed by atoms with E-state index in [1.807, 2.05) is 11.0 Å². The van der Waals surface area contributed by atoms with Crippen LogP contribution in [-0.2, 0) is 20.7 Å². The van der Waals surface area contributed by atoms with Gasteiger partial charge < -0.3 is 18.8 Å². The molecule has 0 bridgehead atoms. The van der Waals surface area contributed by atoms with Crippen LogP contribution >= 0.6 is 0 Å². The van der Waals surface area contributed by atoms with Crippen LogP contribution in [0.2, 0.25) is 0 Å². The smallest absolute Gasteiger partial charge is 0.223 e. The number of ether oxygens (including phenoxy) is 2. The number of nitrogens with zero attached hydrogens (tertiary/aromatic N) is 1. The number of aryl methyl sites for hydroxylation is 1. The lowest BCUT2D eigenvalue weighted by molar-refractivity contribution is -0.133. The minimum absolute atomic E-state index is 0.123. The van der Waals surface area contributed by atoms with Gasteiger partial charge in [-0.15, -0.1) is 0 Å². The second-order valence-corrected chi connectivity index (χ2v) is 4.88. The van der Waals surface area contributed by atoms with Gasteiger partial charge in [-0.3, -0.25) is 4.79 Å². The first-order valence-electron chi connectivity index (χ1n) is 6.57. The zero-order valence-corrected chi connectivity index (χ0v) is 11.5. The lowest BCUT2D eigenvalue weighted by atomic mass is 10.1. The van der Waals surface area contributed by atoms with Crippen molar-refractivity contribution >= 4 is 5.91 Å². The highest BCUT2D eigenvalue weighted by atomic mass is 16.5. The van der Waals surface area contributed by atoms with Gasteiger partial charge in [0.2, 0.25) is 5.91 Å². The van der Waals surface area contributed by atoms with Gasteiger partial charge >= 0.3 is 0 Å². The van der Waals surface area contributed by atoms with Gasteiger partial charge in [-0.1, -0.05) is 0 Å². The molecule has 2 rings (SSSR count). The topological polar surface area (TPSA) is 51.9 Å². The largest absolute Gasteiger partial charge is 0.472 e. The first-order valence-corrected chi connectivity index (χ1v) is 6.57. The summed E-state index contributed by atoms with van der Waals surface area (Å²) < 4.78 is 15.5. The van der Waals surface area contributed by atoms with Gasteiger partial charge in [0, 0.05) is 27.2 Å². The summed E-state index contributed by atoms with van der Waals surface area (Å²) in [4.78, 5) is 14.2. The highest BCUT2D eigenvalue weighted by Crippen LogP contribution is 2.21. The molecule has 1 aliphatic rings. The van der Waals surface area contributed by atoms with E-state index in [4.69, 9.17) is 13.9 Å². The number of hydrogen-bond donors (Lipinski definition) is 0. The first kappa shape index (κ1) is 14.1. The van der Waals surface area contributed by atoms with Crippen molar-refractivity contribution in [2.24, 2.45) is 0 Å². The Hall–Kier alpha value is -1.33. The summed E-state index contributed by atoms with van der Waals surface area (Å²) in [6.07, 6.45) is 5.49. The maximum Gasteiger partial charge on any atom is 0.223 e. The van der Waals surface area contributed by atoms with Crippen LogP contribution < -0.4 is 0 Å². The Bertz CT molecular complexity index is 390. The van der Waals surface area contributed by atoms with Crippen LogP contribution in [0.25, 0.3) is 0 Å². The molecule has 0 radical (unpaired) electrons. The Kier molecular flexibility index (Phi) is 4.99. The number of rotatable bonds is 6. The molecule has 1 saturated heterocycles. The Morgan fingerprint density at radius 1 is 1.53 bits per heavy atom. The van der Waals surface area contributed by atoms with Crippen molar-refractivity contribution in [3.63, 3.8) is 0 Å². The van der Waals surface area contributed by atoms with Gasteiger partial charge in [-0.25, -0.2) is 0 Å². The van der Waals surface area contributed by atoms with E-state index in [0.29, 0.717) is 26.0 Å². The predicted molar refractivity (Wildman–Crippen MR) is 69.8 cm³/mol. The maximum absolute atomic E-state index is 12.3. The summed E-state index contributed by atoms with van der Waals surface area (Å²) >= 11 is 0. The molecule has 0 aromatic carbocycles. The van der Waals surface area contributed by atoms with E-state index in [1.165, 1.54) is 0 Å². The highest BCUT2D eigenvalue weighted by molar-refractivity contribution is 5.77. The number of furan rings is 1. The van der Waals surface area contributed by atoms with Crippen LogP contribution in [0.3, 0.4) is 0 Å². The number of hydrogen-bond acceptors (Lipinski definition) is 4. The van der Waals surface area contributed by atoms with Gasteiger partial charge in [0.15, 0.2) is 0 Å². The van der Waals surface area contributed by atoms with Crippen molar-refractivity contribution in [2.45, 2.75) is 31.4 Å². The number of methoxy groups -OCH3 is 2. The van der Waals surface area contributed by atoms with Crippen LogP contribution in [0.15, 0.2) is 23.0 Å². The van der Waals surface area contributed by atoms with E-state index in [2.05, 4.69) is 0 Å². The summed E-state index contributed by atoms with van der Waals surface area (Å²) in [5.41, 5.74) is 1.05. The summed E-state index contributed by atoms with van der Waals surface area (Å²) in [7, 11) is 3.35. The molecule has 0 saturated carbocycles. The lowest BCUT2D eigenvalue weighted by Gasteiger charge is -2.23. The van der Waals surface area contributed by atoms with Crippen molar-refractivity contribution in [3.05, 3.63) is 24.2 Å². The van der Waals surface area contributed by atoms with Crippen LogP contribution in [0, 0.1) is 0 Å². The van der Waals surface area contributed by atoms with E-state index < -0.39 is 0 Å². The Morgan fingerprint density at radius 2 is 2.37 bits per heavy atom. The maximum atomic E-state index is 12.3. The van der Waals surface area contributed by atoms with Gasteiger partial charge in [0.25, 0.3) is 0 Å². The lowest BCUT2D eigenvalue weighted by Crippen LogP contribution is -2.38. The first-order chi connectivity index (χ1) is 9.24. The van der Waals surface area contributed by atoms with Gasteiger partial charge in [-0.2, -0.15) is 0 Å². The molecule has 5 nitrogen and oxygen atoms in total. The summed E-state index contributed by atoms with van der Waals surface area (Å²) in [6.45, 7) is 1.23. The summed E-state index contributed by atoms with van der Waals surface area (Å²) in [6, 6.07) is 2.02. The fourth-order valence-electron chi connectivity index (χ4n) is 2.53. The molecule has 5 heteroatoms. The van der Waals surface area contributed by atoms with Gasteiger partial charge in [-0.05, 0) is 24.5 Å². The molecule has 1 amide bonds. The fraction of sp³-hybridized carbons (Fsp3) is 0.643. The predicted octanol–water partition coefficient (Wildman–Crippen LogP) is 1.47. The van der Waals surface area contributed by atoms with Crippen molar-refractivity contribution < 1.29 is 18.7 Å². The zero-order chi connectivity index (χ0) is 13.7. The second kappa shape index (κ2) is 6.73. The molecule has 1 aromatic rings. The summed E-state index contributed by atoms with van der Waals surface area (Å²) in [5, 5.41) is 0. The minimum atomic E-state index is 0.123. The number of likely N-dealkylation sites (tertiary alicyclic amines) is 1. The van der Waals surface area contributed by atoms with E-state index in [0.717, 1.165) is 12.0 Å². The third-order valence-corrected chi connectivity index (χ3v) is 3.60. The fourth-order valence-corrected chi connectivity index (χ4v) is 2.53. The average Bonchev–Trinajstić information content (AvgIpc) is 3.05. The van der Waals surface area contributed by atoms with E-state index in [9.17, 15) is 4.79 Å². The SMILES string of the molecule is COC[C@@H]1C[C@@H](OC)CN1C(=O)CCc1ccoc1. The molecular formula is C14H21NO4. The molecule has 2 heterocycles. The van der Waals surface area contributed by atoms with E-state index in [-0.39, 0.29) is 18.1 Å². The molecule has 1 aliphatic heterocycles. The molecule has 1 fully saturated rings. The minimum Gasteiger partial charge on any atom is -0.472 e. The van der Waals surface area contributed by atoms with Crippen LogP contribution in [0.5, 0.6) is 0 Å². The van der Waals surface area contributed by atoms with Crippen LogP contribution in [-0.4, -0.2) is 50.3 Å². The molecule has 106 valence electrons. The molecule has 0 aliphatic carbocycles. The normalized spacial score (nSPS) is 22.9. The Balaban J connectivity index is 1.88. The van der Waals surface area contributed by atoms with Gasteiger partial charge in [0.1, 0.15) is 0 Å². The van der Waals surface area contributed by atoms with Crippen LogP contribution in [0.4, 0.5) is 0 Å². The second-order valence-electron chi connectivity index (χ2n) is 4.88. The summed E-state index contributed by atoms with van der Waals surface area (Å²) in [5.74, 6) is 0.155. The third-order valence-electron chi connectivity index (χ3n) is 3.60. The Labute approximate surface area is 113 Å². The van der Waals surface area contributed by atoms with E-state index in [1.54, 1.807) is 26.7 Å². The van der Waals surface area contributed by atoms with Crippen molar-refractivity contribution in [3.8, 4) is 0 Å². The van der Waals surface area contributed by atoms with Gasteiger partial charge in [0.05, 0.1) is 31.3 Å². The Morgan fingerprint density at radius 3 is 3.00 bits per heavy atom. The standard InChI is InChI=1S/C14H21NO4/c1-17-10-12-7-13(18-2)8-15(12)14(16)4-3-11-5-6-19-9-11/h5-6,9,12-13H,3-4,7-8,10H2,1-2H3/t12-,13+/m0/s1. The zero-order valence-electron chi connectivity index (χ0n) is 11.5. The molecule has 19 heavy (non-hydrogen) atoms. The number of carbonyl (C=O) groups is 1. The monoisotopic (exact) mass is 267 g/mol. The van der Waals surface area contributed by atoms with E-state index >= 15 is 0 Å². The molecule has 2 atom stereocenters. The number of amides is 1. The molecule has 0 unspecified atom stereocenters. The quantitative estimate of drug-likeness (QED) is 0.783. The molecule has 0 N–H and O–H groups in total. The molecule has 0 spiro atoms. The molecular weight excluding hydrogens is 246 g/mol. The van der Waals surface area contributed by atoms with Crippen molar-refractivity contribution in [1.29, 1.82) is 0 Å². The average molecular weight is 267 g/mol. The highest BCUT2D eigenvalue weighted by Gasteiger charge is 2.34.